The smallest absolute Gasteiger partial charge is 0.221 e. The average Bonchev–Trinajstić information content (AvgIpc) is 3.00. The van der Waals surface area contributed by atoms with Gasteiger partial charge in [0.25, 0.3) is 0 Å². The molecule has 0 saturated heterocycles. The Kier molecular flexibility index (Phi) is 5.12. The Morgan fingerprint density at radius 1 is 1.30 bits per heavy atom. The molecule has 0 radical (unpaired) electrons. The van der Waals surface area contributed by atoms with Crippen LogP contribution in [0, 0.1) is 5.41 Å². The molecule has 1 aromatic heterocycles. The van der Waals surface area contributed by atoms with Gasteiger partial charge in [0.05, 0.1) is 5.56 Å². The molecule has 1 aliphatic rings. The minimum absolute atomic E-state index is 0.181. The predicted octanol–water partition coefficient (Wildman–Crippen LogP) is 3.05. The monoisotopic (exact) mass is 368 g/mol. The lowest BCUT2D eigenvalue weighted by atomic mass is 9.89. The molecule has 0 unspecified atom stereocenters. The molecule has 0 spiro atoms. The second-order valence-corrected chi connectivity index (χ2v) is 7.94. The second kappa shape index (κ2) is 7.34. The van der Waals surface area contributed by atoms with Gasteiger partial charge >= 0.3 is 0 Å². The molecular formula is C20H24N4O3. The molecule has 7 nitrogen and oxygen atoms in total. The molecule has 0 saturated carbocycles. The van der Waals surface area contributed by atoms with E-state index in [1.54, 1.807) is 18.2 Å². The number of nitrogens with one attached hydrogen (secondary N) is 1. The number of carbonyl (C=O) groups is 2. The van der Waals surface area contributed by atoms with Gasteiger partial charge in [-0.25, -0.2) is 0 Å². The van der Waals surface area contributed by atoms with Gasteiger partial charge in [-0.15, -0.1) is 5.10 Å². The van der Waals surface area contributed by atoms with Crippen molar-refractivity contribution in [2.75, 3.05) is 0 Å². The van der Waals surface area contributed by atoms with Crippen LogP contribution in [0.1, 0.15) is 50.4 Å². The molecule has 0 aliphatic heterocycles. The molecule has 0 fully saturated rings. The van der Waals surface area contributed by atoms with Crippen molar-refractivity contribution in [2.45, 2.75) is 46.1 Å². The quantitative estimate of drug-likeness (QED) is 0.480. The van der Waals surface area contributed by atoms with Gasteiger partial charge in [-0.3, -0.25) is 9.59 Å². The molecule has 1 heterocycles. The van der Waals surface area contributed by atoms with Crippen LogP contribution in [0.5, 0.6) is 0 Å². The van der Waals surface area contributed by atoms with Crippen molar-refractivity contribution in [3.63, 3.8) is 0 Å². The third kappa shape index (κ3) is 4.24. The van der Waals surface area contributed by atoms with E-state index in [1.165, 1.54) is 0 Å². The standard InChI is InChI=1S/C20H24N4O3/c1-20(2,3)12-16(25)21-17(13-8-5-4-6-9-13)19(26)14-10-7-11-15-18(14)24(27)23-22-15/h4-5,7,9-11,17,27H,6,8,12H2,1-3H3,(H,21,25)/t17-/m1/s1. The number of rotatable bonds is 5. The Hall–Kier alpha value is -2.96. The molecule has 3 rings (SSSR count). The van der Waals surface area contributed by atoms with Crippen molar-refractivity contribution in [2.24, 2.45) is 5.41 Å². The first-order chi connectivity index (χ1) is 12.8. The Bertz CT molecular complexity index is 934. The Labute approximate surface area is 157 Å². The van der Waals surface area contributed by atoms with E-state index >= 15 is 0 Å². The number of hydrogen-bond acceptors (Lipinski definition) is 5. The van der Waals surface area contributed by atoms with Gasteiger partial charge in [-0.05, 0) is 41.2 Å². The Morgan fingerprint density at radius 3 is 2.74 bits per heavy atom. The number of carbonyl (C=O) groups excluding carboxylic acids is 2. The van der Waals surface area contributed by atoms with E-state index in [9.17, 15) is 14.8 Å². The Morgan fingerprint density at radius 2 is 2.07 bits per heavy atom. The van der Waals surface area contributed by atoms with E-state index in [-0.39, 0.29) is 28.2 Å². The van der Waals surface area contributed by atoms with Crippen molar-refractivity contribution in [1.82, 2.24) is 20.5 Å². The number of fused-ring (bicyclic) bond motifs is 1. The predicted molar refractivity (Wildman–Crippen MR) is 102 cm³/mol. The number of Topliss-reactive ketones (excluding diaryl/α,β-unsaturated/α-hetero) is 1. The summed E-state index contributed by atoms with van der Waals surface area (Å²) >= 11 is 0. The Balaban J connectivity index is 1.96. The van der Waals surface area contributed by atoms with Gasteiger partial charge < -0.3 is 10.5 Å². The van der Waals surface area contributed by atoms with E-state index in [1.807, 2.05) is 39.0 Å². The number of allylic oxidation sites excluding steroid dienone is 3. The third-order valence-corrected chi connectivity index (χ3v) is 4.38. The zero-order valence-corrected chi connectivity index (χ0v) is 15.8. The largest absolute Gasteiger partial charge is 0.410 e. The minimum atomic E-state index is -0.787. The van der Waals surface area contributed by atoms with Crippen molar-refractivity contribution in [3.05, 3.63) is 47.6 Å². The summed E-state index contributed by atoms with van der Waals surface area (Å²) in [4.78, 5) is 26.5. The molecule has 142 valence electrons. The minimum Gasteiger partial charge on any atom is -0.410 e. The number of nitrogens with zero attached hydrogens (tertiary/aromatic N) is 3. The molecule has 2 aromatic rings. The SMILES string of the molecule is CC(C)(C)CC(=O)N[C@@H](C(=O)c1cccc2nnn(O)c12)C1=CCC=CC1. The first-order valence-electron chi connectivity index (χ1n) is 8.97. The fourth-order valence-corrected chi connectivity index (χ4v) is 3.19. The van der Waals surface area contributed by atoms with E-state index in [0.29, 0.717) is 23.2 Å². The van der Waals surface area contributed by atoms with Gasteiger partial charge in [-0.2, -0.15) is 0 Å². The highest BCUT2D eigenvalue weighted by Crippen LogP contribution is 2.24. The second-order valence-electron chi connectivity index (χ2n) is 7.94. The summed E-state index contributed by atoms with van der Waals surface area (Å²) < 4.78 is 0. The molecule has 1 atom stereocenters. The number of amides is 1. The van der Waals surface area contributed by atoms with Crippen molar-refractivity contribution >= 4 is 22.7 Å². The number of ketones is 1. The third-order valence-electron chi connectivity index (χ3n) is 4.38. The topological polar surface area (TPSA) is 97.1 Å². The fourth-order valence-electron chi connectivity index (χ4n) is 3.19. The highest BCUT2D eigenvalue weighted by Gasteiger charge is 2.29. The summed E-state index contributed by atoms with van der Waals surface area (Å²) in [6.07, 6.45) is 7.61. The lowest BCUT2D eigenvalue weighted by Gasteiger charge is -2.24. The summed E-state index contributed by atoms with van der Waals surface area (Å²) in [5.41, 5.74) is 1.59. The molecule has 1 aliphatic carbocycles. The molecular weight excluding hydrogens is 344 g/mol. The van der Waals surface area contributed by atoms with Crippen LogP contribution in [-0.2, 0) is 4.79 Å². The van der Waals surface area contributed by atoms with E-state index in [2.05, 4.69) is 15.6 Å². The van der Waals surface area contributed by atoms with Crippen LogP contribution < -0.4 is 5.32 Å². The van der Waals surface area contributed by atoms with E-state index in [0.717, 1.165) is 12.0 Å². The van der Waals surface area contributed by atoms with Gasteiger partial charge in [0.15, 0.2) is 5.78 Å². The zero-order chi connectivity index (χ0) is 19.6. The maximum Gasteiger partial charge on any atom is 0.221 e. The molecule has 0 bridgehead atoms. The summed E-state index contributed by atoms with van der Waals surface area (Å²) in [5.74, 6) is -0.471. The van der Waals surface area contributed by atoms with Crippen LogP contribution >= 0.6 is 0 Å². The molecule has 7 heteroatoms. The van der Waals surface area contributed by atoms with Crippen LogP contribution in [0.4, 0.5) is 0 Å². The van der Waals surface area contributed by atoms with Gasteiger partial charge in [0.2, 0.25) is 5.91 Å². The van der Waals surface area contributed by atoms with Crippen molar-refractivity contribution in [3.8, 4) is 0 Å². The lowest BCUT2D eigenvalue weighted by Crippen LogP contribution is -2.43. The normalized spacial score (nSPS) is 15.4. The van der Waals surface area contributed by atoms with Crippen LogP contribution in [0.2, 0.25) is 0 Å². The van der Waals surface area contributed by atoms with Gasteiger partial charge in [0.1, 0.15) is 17.1 Å². The highest BCUT2D eigenvalue weighted by molar-refractivity contribution is 6.11. The first-order valence-corrected chi connectivity index (χ1v) is 8.97. The van der Waals surface area contributed by atoms with Crippen LogP contribution in [0.15, 0.2) is 42.0 Å². The molecule has 1 aromatic carbocycles. The van der Waals surface area contributed by atoms with Crippen LogP contribution in [0.3, 0.4) is 0 Å². The number of para-hydroxylation sites is 1. The summed E-state index contributed by atoms with van der Waals surface area (Å²) in [6, 6.07) is 4.18. The van der Waals surface area contributed by atoms with Gasteiger partial charge in [-0.1, -0.05) is 49.9 Å². The van der Waals surface area contributed by atoms with Crippen LogP contribution in [0.25, 0.3) is 11.0 Å². The summed E-state index contributed by atoms with van der Waals surface area (Å²) in [7, 11) is 0. The zero-order valence-electron chi connectivity index (χ0n) is 15.8. The number of aromatic nitrogens is 3. The van der Waals surface area contributed by atoms with Crippen molar-refractivity contribution < 1.29 is 14.8 Å². The number of hydrogen-bond donors (Lipinski definition) is 2. The van der Waals surface area contributed by atoms with Crippen LogP contribution in [-0.4, -0.2) is 38.1 Å². The molecule has 2 N–H and O–H groups in total. The fraction of sp³-hybridized carbons (Fsp3) is 0.400. The summed E-state index contributed by atoms with van der Waals surface area (Å²) in [5, 5.41) is 20.3. The summed E-state index contributed by atoms with van der Waals surface area (Å²) in [6.45, 7) is 5.92. The number of benzene rings is 1. The van der Waals surface area contributed by atoms with E-state index < -0.39 is 6.04 Å². The first kappa shape index (κ1) is 18.8. The maximum atomic E-state index is 13.3. The van der Waals surface area contributed by atoms with E-state index in [4.69, 9.17) is 0 Å². The lowest BCUT2D eigenvalue weighted by molar-refractivity contribution is -0.123. The average molecular weight is 368 g/mol. The molecule has 1 amide bonds. The highest BCUT2D eigenvalue weighted by atomic mass is 16.5. The molecule has 27 heavy (non-hydrogen) atoms. The van der Waals surface area contributed by atoms with Crippen molar-refractivity contribution in [1.29, 1.82) is 0 Å². The van der Waals surface area contributed by atoms with Gasteiger partial charge in [0, 0.05) is 6.42 Å². The maximum absolute atomic E-state index is 13.3.